The zero-order valence-electron chi connectivity index (χ0n) is 13.3. The average Bonchev–Trinajstić information content (AvgIpc) is 2.39. The molecule has 0 amide bonds. The SMILES string of the molecule is Cc1cc(C(C)(C)C)c(O)cc1CCN1CCNCC1. The van der Waals surface area contributed by atoms with Crippen molar-refractivity contribution in [3.63, 3.8) is 0 Å². The number of aromatic hydroxyl groups is 1. The van der Waals surface area contributed by atoms with Gasteiger partial charge >= 0.3 is 0 Å². The molecule has 1 heterocycles. The fourth-order valence-corrected chi connectivity index (χ4v) is 2.82. The monoisotopic (exact) mass is 276 g/mol. The lowest BCUT2D eigenvalue weighted by Gasteiger charge is -2.27. The van der Waals surface area contributed by atoms with Gasteiger partial charge < -0.3 is 15.3 Å². The summed E-state index contributed by atoms with van der Waals surface area (Å²) in [6.45, 7) is 14.1. The van der Waals surface area contributed by atoms with Gasteiger partial charge in [0.05, 0.1) is 0 Å². The Morgan fingerprint density at radius 3 is 2.45 bits per heavy atom. The van der Waals surface area contributed by atoms with Crippen LogP contribution in [0.4, 0.5) is 0 Å². The summed E-state index contributed by atoms with van der Waals surface area (Å²) in [7, 11) is 0. The standard InChI is InChI=1S/C17H28N2O/c1-13-11-15(17(2,3)4)16(20)12-14(13)5-8-19-9-6-18-7-10-19/h11-12,18,20H,5-10H2,1-4H3. The van der Waals surface area contributed by atoms with Gasteiger partial charge in [-0.15, -0.1) is 0 Å². The molecule has 0 aliphatic carbocycles. The van der Waals surface area contributed by atoms with Crippen LogP contribution >= 0.6 is 0 Å². The largest absolute Gasteiger partial charge is 0.508 e. The summed E-state index contributed by atoms with van der Waals surface area (Å²) in [6.07, 6.45) is 1.02. The third kappa shape index (κ3) is 3.74. The summed E-state index contributed by atoms with van der Waals surface area (Å²) in [5.74, 6) is 0.443. The molecule has 0 unspecified atom stereocenters. The minimum Gasteiger partial charge on any atom is -0.508 e. The number of nitrogens with one attached hydrogen (secondary N) is 1. The Labute approximate surface area is 123 Å². The molecule has 20 heavy (non-hydrogen) atoms. The van der Waals surface area contributed by atoms with Crippen LogP contribution < -0.4 is 5.32 Å². The Balaban J connectivity index is 2.07. The summed E-state index contributed by atoms with van der Waals surface area (Å²) in [6, 6.07) is 4.13. The second-order valence-electron chi connectivity index (χ2n) is 6.89. The van der Waals surface area contributed by atoms with E-state index in [-0.39, 0.29) is 5.41 Å². The number of hydrogen-bond acceptors (Lipinski definition) is 3. The third-order valence-corrected chi connectivity index (χ3v) is 4.17. The second kappa shape index (κ2) is 6.15. The normalized spacial score (nSPS) is 17.4. The van der Waals surface area contributed by atoms with E-state index in [1.165, 1.54) is 11.1 Å². The molecule has 1 aliphatic heterocycles. The number of phenols is 1. The fourth-order valence-electron chi connectivity index (χ4n) is 2.82. The molecular formula is C17H28N2O. The highest BCUT2D eigenvalue weighted by Crippen LogP contribution is 2.33. The second-order valence-corrected chi connectivity index (χ2v) is 6.89. The van der Waals surface area contributed by atoms with Crippen LogP contribution in [0.25, 0.3) is 0 Å². The van der Waals surface area contributed by atoms with E-state index in [9.17, 15) is 5.11 Å². The number of phenolic OH excluding ortho intramolecular Hbond substituents is 1. The molecule has 0 bridgehead atoms. The lowest BCUT2D eigenvalue weighted by Crippen LogP contribution is -2.44. The van der Waals surface area contributed by atoms with Gasteiger partial charge in [0, 0.05) is 32.7 Å². The topological polar surface area (TPSA) is 35.5 Å². The van der Waals surface area contributed by atoms with Gasteiger partial charge in [-0.05, 0) is 41.5 Å². The summed E-state index contributed by atoms with van der Waals surface area (Å²) < 4.78 is 0. The van der Waals surface area contributed by atoms with Gasteiger partial charge in [0.25, 0.3) is 0 Å². The van der Waals surface area contributed by atoms with Crippen molar-refractivity contribution in [3.05, 3.63) is 28.8 Å². The van der Waals surface area contributed by atoms with Crippen LogP contribution in [0.3, 0.4) is 0 Å². The van der Waals surface area contributed by atoms with Crippen LogP contribution in [-0.4, -0.2) is 42.7 Å². The first-order chi connectivity index (χ1) is 9.38. The van der Waals surface area contributed by atoms with Crippen molar-refractivity contribution < 1.29 is 5.11 Å². The highest BCUT2D eigenvalue weighted by molar-refractivity contribution is 5.44. The van der Waals surface area contributed by atoms with Crippen molar-refractivity contribution in [1.82, 2.24) is 10.2 Å². The number of piperazine rings is 1. The molecule has 0 spiro atoms. The maximum Gasteiger partial charge on any atom is 0.119 e. The van der Waals surface area contributed by atoms with Crippen LogP contribution in [-0.2, 0) is 11.8 Å². The lowest BCUT2D eigenvalue weighted by atomic mass is 9.84. The number of benzene rings is 1. The van der Waals surface area contributed by atoms with E-state index in [0.717, 1.165) is 44.7 Å². The number of nitrogens with zero attached hydrogens (tertiary/aromatic N) is 1. The van der Waals surface area contributed by atoms with Gasteiger partial charge in [0.1, 0.15) is 5.75 Å². The maximum absolute atomic E-state index is 10.3. The Morgan fingerprint density at radius 1 is 1.20 bits per heavy atom. The summed E-state index contributed by atoms with van der Waals surface area (Å²) in [4.78, 5) is 2.49. The highest BCUT2D eigenvalue weighted by atomic mass is 16.3. The first-order valence-corrected chi connectivity index (χ1v) is 7.64. The van der Waals surface area contributed by atoms with Crippen molar-refractivity contribution in [3.8, 4) is 5.75 Å². The van der Waals surface area contributed by atoms with E-state index in [0.29, 0.717) is 5.75 Å². The van der Waals surface area contributed by atoms with E-state index in [4.69, 9.17) is 0 Å². The summed E-state index contributed by atoms with van der Waals surface area (Å²) >= 11 is 0. The molecule has 1 aromatic rings. The molecule has 1 aliphatic rings. The first kappa shape index (κ1) is 15.3. The van der Waals surface area contributed by atoms with E-state index >= 15 is 0 Å². The van der Waals surface area contributed by atoms with Gasteiger partial charge in [-0.2, -0.15) is 0 Å². The number of aryl methyl sites for hydroxylation is 1. The quantitative estimate of drug-likeness (QED) is 0.890. The van der Waals surface area contributed by atoms with E-state index in [2.05, 4.69) is 44.0 Å². The van der Waals surface area contributed by atoms with Crippen molar-refractivity contribution in [2.24, 2.45) is 0 Å². The molecule has 3 heteroatoms. The molecule has 1 fully saturated rings. The van der Waals surface area contributed by atoms with Gasteiger partial charge in [0.15, 0.2) is 0 Å². The van der Waals surface area contributed by atoms with E-state index < -0.39 is 0 Å². The number of rotatable bonds is 3. The molecule has 112 valence electrons. The highest BCUT2D eigenvalue weighted by Gasteiger charge is 2.19. The van der Waals surface area contributed by atoms with E-state index in [1.807, 2.05) is 6.07 Å². The Hall–Kier alpha value is -1.06. The molecule has 1 saturated heterocycles. The minimum absolute atomic E-state index is 0.00802. The fraction of sp³-hybridized carbons (Fsp3) is 0.647. The van der Waals surface area contributed by atoms with Crippen LogP contribution in [0.5, 0.6) is 5.75 Å². The van der Waals surface area contributed by atoms with Crippen LogP contribution in [0, 0.1) is 6.92 Å². The van der Waals surface area contributed by atoms with Crippen LogP contribution in [0.1, 0.15) is 37.5 Å². The summed E-state index contributed by atoms with van der Waals surface area (Å²) in [5.41, 5.74) is 3.60. The Morgan fingerprint density at radius 2 is 1.85 bits per heavy atom. The molecule has 0 saturated carbocycles. The molecule has 0 atom stereocenters. The first-order valence-electron chi connectivity index (χ1n) is 7.64. The van der Waals surface area contributed by atoms with E-state index in [1.54, 1.807) is 0 Å². The zero-order chi connectivity index (χ0) is 14.8. The maximum atomic E-state index is 10.3. The zero-order valence-corrected chi connectivity index (χ0v) is 13.3. The van der Waals surface area contributed by atoms with Crippen molar-refractivity contribution >= 4 is 0 Å². The molecule has 2 rings (SSSR count). The van der Waals surface area contributed by atoms with Gasteiger partial charge in [-0.1, -0.05) is 26.8 Å². The Bertz CT molecular complexity index is 457. The molecule has 2 N–H and O–H groups in total. The molecule has 0 radical (unpaired) electrons. The van der Waals surface area contributed by atoms with Crippen molar-refractivity contribution in [2.45, 2.75) is 39.5 Å². The lowest BCUT2D eigenvalue weighted by molar-refractivity contribution is 0.243. The van der Waals surface area contributed by atoms with Gasteiger partial charge in [-0.3, -0.25) is 0 Å². The summed E-state index contributed by atoms with van der Waals surface area (Å²) in [5, 5.41) is 13.6. The van der Waals surface area contributed by atoms with Crippen molar-refractivity contribution in [1.29, 1.82) is 0 Å². The van der Waals surface area contributed by atoms with Crippen LogP contribution in [0.2, 0.25) is 0 Å². The average molecular weight is 276 g/mol. The Kier molecular flexibility index (Phi) is 4.71. The molecule has 1 aromatic carbocycles. The number of hydrogen-bond donors (Lipinski definition) is 2. The smallest absolute Gasteiger partial charge is 0.119 e. The molecular weight excluding hydrogens is 248 g/mol. The third-order valence-electron chi connectivity index (χ3n) is 4.17. The van der Waals surface area contributed by atoms with Crippen molar-refractivity contribution in [2.75, 3.05) is 32.7 Å². The van der Waals surface area contributed by atoms with Gasteiger partial charge in [0.2, 0.25) is 0 Å². The predicted octanol–water partition coefficient (Wildman–Crippen LogP) is 2.45. The molecule has 0 aromatic heterocycles. The van der Waals surface area contributed by atoms with Gasteiger partial charge in [-0.25, -0.2) is 0 Å². The molecule has 3 nitrogen and oxygen atoms in total. The minimum atomic E-state index is -0.00802. The predicted molar refractivity (Wildman–Crippen MR) is 84.6 cm³/mol. The van der Waals surface area contributed by atoms with Crippen LogP contribution in [0.15, 0.2) is 12.1 Å².